The number of amides is 4. The minimum absolute atomic E-state index is 0.0605. The number of nitrogens with one attached hydrogen (secondary N) is 2. The molecule has 0 spiro atoms. The van der Waals surface area contributed by atoms with Crippen LogP contribution in [-0.2, 0) is 30.2 Å². The highest BCUT2D eigenvalue weighted by Crippen LogP contribution is 2.19. The summed E-state index contributed by atoms with van der Waals surface area (Å²) in [6, 6.07) is -0.730. The number of carbonyl (C=O) groups is 3. The molecule has 1 aliphatic rings. The lowest BCUT2D eigenvalue weighted by Crippen LogP contribution is -2.49. The maximum atomic E-state index is 12.4. The van der Waals surface area contributed by atoms with Crippen molar-refractivity contribution in [3.63, 3.8) is 0 Å². The smallest absolute Gasteiger partial charge is 0.322 e. The van der Waals surface area contributed by atoms with E-state index in [1.807, 2.05) is 0 Å². The number of imide groups is 1. The predicted molar refractivity (Wildman–Crippen MR) is 92.4 cm³/mol. The lowest BCUT2D eigenvalue weighted by Gasteiger charge is -2.19. The zero-order chi connectivity index (χ0) is 20.1. The van der Waals surface area contributed by atoms with E-state index in [0.29, 0.717) is 11.4 Å². The molecule has 27 heavy (non-hydrogen) atoms. The van der Waals surface area contributed by atoms with Crippen molar-refractivity contribution in [1.82, 2.24) is 34.4 Å². The molecule has 144 valence electrons. The van der Waals surface area contributed by atoms with Crippen molar-refractivity contribution < 1.29 is 14.4 Å². The van der Waals surface area contributed by atoms with E-state index in [1.54, 1.807) is 13.8 Å². The molecule has 1 aliphatic heterocycles. The molecule has 0 saturated carbocycles. The van der Waals surface area contributed by atoms with Gasteiger partial charge in [-0.2, -0.15) is 5.01 Å². The van der Waals surface area contributed by atoms with Crippen LogP contribution in [0.25, 0.3) is 11.2 Å². The van der Waals surface area contributed by atoms with Crippen molar-refractivity contribution >= 4 is 29.0 Å². The number of hydrazine groups is 1. The minimum atomic E-state index is -1.08. The van der Waals surface area contributed by atoms with Crippen molar-refractivity contribution in [2.45, 2.75) is 32.4 Å². The summed E-state index contributed by atoms with van der Waals surface area (Å²) >= 11 is 0. The van der Waals surface area contributed by atoms with E-state index in [1.165, 1.54) is 29.6 Å². The van der Waals surface area contributed by atoms with Gasteiger partial charge in [0.25, 0.3) is 17.4 Å². The molecule has 3 heterocycles. The third-order valence-electron chi connectivity index (χ3n) is 4.74. The van der Waals surface area contributed by atoms with Crippen molar-refractivity contribution in [3.8, 4) is 0 Å². The average Bonchev–Trinajstić information content (AvgIpc) is 3.13. The zero-order valence-corrected chi connectivity index (χ0v) is 15.3. The lowest BCUT2D eigenvalue weighted by atomic mass is 10.00. The second-order valence-corrected chi connectivity index (χ2v) is 6.54. The summed E-state index contributed by atoms with van der Waals surface area (Å²) in [4.78, 5) is 64.9. The van der Waals surface area contributed by atoms with Gasteiger partial charge in [0, 0.05) is 14.1 Å². The van der Waals surface area contributed by atoms with Crippen LogP contribution in [0.5, 0.6) is 0 Å². The topological polar surface area (TPSA) is 140 Å². The van der Waals surface area contributed by atoms with Crippen LogP contribution < -0.4 is 22.0 Å². The Labute approximate surface area is 152 Å². The molecule has 2 N–H and O–H groups in total. The highest BCUT2D eigenvalue weighted by atomic mass is 16.2. The molecule has 0 unspecified atom stereocenters. The van der Waals surface area contributed by atoms with Crippen LogP contribution in [0, 0.1) is 0 Å². The Morgan fingerprint density at radius 3 is 2.48 bits per heavy atom. The van der Waals surface area contributed by atoms with Crippen LogP contribution in [0.1, 0.15) is 20.3 Å². The first-order valence-corrected chi connectivity index (χ1v) is 8.17. The van der Waals surface area contributed by atoms with Gasteiger partial charge in [0.05, 0.1) is 6.33 Å². The van der Waals surface area contributed by atoms with Gasteiger partial charge in [-0.15, -0.1) is 0 Å². The number of aromatic nitrogens is 4. The second-order valence-electron chi connectivity index (χ2n) is 6.54. The maximum Gasteiger partial charge on any atom is 0.344 e. The number of fused-ring (bicyclic) bond motifs is 1. The molecule has 1 saturated heterocycles. The van der Waals surface area contributed by atoms with Gasteiger partial charge in [-0.1, -0.05) is 6.92 Å². The molecule has 3 rings (SSSR count). The van der Waals surface area contributed by atoms with Gasteiger partial charge >= 0.3 is 11.7 Å². The largest absolute Gasteiger partial charge is 0.344 e. The van der Waals surface area contributed by atoms with Crippen molar-refractivity contribution in [2.24, 2.45) is 14.1 Å². The van der Waals surface area contributed by atoms with E-state index < -0.39 is 34.6 Å². The number of imidazole rings is 1. The standard InChI is InChI=1S/C15H19N7O5/c1-5-15(2)12(25)22(13(26)17-15)18-8(23)6-21-7-16-10-9(21)11(24)20(4)14(27)19(10)3/h7H,5-6H2,1-4H3,(H,17,26)(H,18,23)/t15-/m0/s1. The van der Waals surface area contributed by atoms with Gasteiger partial charge in [-0.3, -0.25) is 28.9 Å². The van der Waals surface area contributed by atoms with Gasteiger partial charge < -0.3 is 9.88 Å². The minimum Gasteiger partial charge on any atom is -0.322 e. The molecule has 0 aliphatic carbocycles. The van der Waals surface area contributed by atoms with E-state index >= 15 is 0 Å². The molecule has 2 aromatic heterocycles. The Hall–Kier alpha value is -3.44. The molecule has 12 heteroatoms. The summed E-state index contributed by atoms with van der Waals surface area (Å²) in [5.41, 5.74) is 0.198. The molecule has 0 radical (unpaired) electrons. The Morgan fingerprint density at radius 2 is 1.89 bits per heavy atom. The molecular weight excluding hydrogens is 358 g/mol. The number of urea groups is 1. The quantitative estimate of drug-likeness (QED) is 0.602. The van der Waals surface area contributed by atoms with E-state index in [-0.39, 0.29) is 17.7 Å². The van der Waals surface area contributed by atoms with Crippen LogP contribution in [0.4, 0.5) is 4.79 Å². The molecular formula is C15H19N7O5. The fraction of sp³-hybridized carbons (Fsp3) is 0.467. The number of hydrogen-bond acceptors (Lipinski definition) is 6. The molecule has 4 amide bonds. The number of aryl methyl sites for hydroxylation is 1. The highest BCUT2D eigenvalue weighted by Gasteiger charge is 2.47. The first-order chi connectivity index (χ1) is 12.6. The van der Waals surface area contributed by atoms with Crippen molar-refractivity contribution in [1.29, 1.82) is 0 Å². The summed E-state index contributed by atoms with van der Waals surface area (Å²) in [6.45, 7) is 2.93. The second kappa shape index (κ2) is 6.07. The Kier molecular flexibility index (Phi) is 4.13. The summed E-state index contributed by atoms with van der Waals surface area (Å²) in [5, 5.41) is 3.14. The summed E-state index contributed by atoms with van der Waals surface area (Å²) in [6.07, 6.45) is 1.60. The number of rotatable bonds is 4. The zero-order valence-electron chi connectivity index (χ0n) is 15.3. The van der Waals surface area contributed by atoms with E-state index in [2.05, 4.69) is 15.7 Å². The van der Waals surface area contributed by atoms with Crippen LogP contribution in [0.3, 0.4) is 0 Å². The van der Waals surface area contributed by atoms with Crippen LogP contribution >= 0.6 is 0 Å². The first kappa shape index (κ1) is 18.4. The number of nitrogens with zero attached hydrogens (tertiary/aromatic N) is 5. The Bertz CT molecular complexity index is 1090. The molecule has 12 nitrogen and oxygen atoms in total. The fourth-order valence-corrected chi connectivity index (χ4v) is 2.86. The molecule has 0 bridgehead atoms. The molecule has 0 aromatic carbocycles. The normalized spacial score (nSPS) is 19.6. The van der Waals surface area contributed by atoms with Crippen molar-refractivity contribution in [3.05, 3.63) is 27.2 Å². The van der Waals surface area contributed by atoms with E-state index in [9.17, 15) is 24.0 Å². The van der Waals surface area contributed by atoms with Gasteiger partial charge in [-0.25, -0.2) is 14.6 Å². The number of carbonyl (C=O) groups excluding carboxylic acids is 3. The van der Waals surface area contributed by atoms with Gasteiger partial charge in [0.2, 0.25) is 0 Å². The van der Waals surface area contributed by atoms with Crippen LogP contribution in [0.15, 0.2) is 15.9 Å². The molecule has 2 aromatic rings. The van der Waals surface area contributed by atoms with E-state index in [4.69, 9.17) is 0 Å². The van der Waals surface area contributed by atoms with E-state index in [0.717, 1.165) is 4.57 Å². The van der Waals surface area contributed by atoms with Crippen LogP contribution in [0.2, 0.25) is 0 Å². The van der Waals surface area contributed by atoms with Gasteiger partial charge in [0.1, 0.15) is 12.1 Å². The van der Waals surface area contributed by atoms with Crippen LogP contribution in [-0.4, -0.2) is 47.1 Å². The summed E-state index contributed by atoms with van der Waals surface area (Å²) in [7, 11) is 2.78. The average molecular weight is 377 g/mol. The number of hydrogen-bond donors (Lipinski definition) is 2. The highest BCUT2D eigenvalue weighted by molar-refractivity contribution is 6.07. The monoisotopic (exact) mass is 377 g/mol. The summed E-state index contributed by atoms with van der Waals surface area (Å²) < 4.78 is 3.35. The maximum absolute atomic E-state index is 12.4. The summed E-state index contributed by atoms with van der Waals surface area (Å²) in [5.74, 6) is -1.27. The Balaban J connectivity index is 1.88. The SMILES string of the molecule is CC[C@]1(C)NC(=O)N(NC(=O)Cn2cnc3c2c(=O)n(C)c(=O)n3C)C1=O. The molecule has 1 atom stereocenters. The third-order valence-corrected chi connectivity index (χ3v) is 4.74. The fourth-order valence-electron chi connectivity index (χ4n) is 2.86. The third kappa shape index (κ3) is 2.69. The molecule has 1 fully saturated rings. The van der Waals surface area contributed by atoms with Gasteiger partial charge in [0.15, 0.2) is 11.2 Å². The van der Waals surface area contributed by atoms with Crippen molar-refractivity contribution in [2.75, 3.05) is 0 Å². The Morgan fingerprint density at radius 1 is 1.22 bits per heavy atom. The first-order valence-electron chi connectivity index (χ1n) is 8.17. The predicted octanol–water partition coefficient (Wildman–Crippen LogP) is -1.81. The van der Waals surface area contributed by atoms with Gasteiger partial charge in [-0.05, 0) is 13.3 Å². The lowest BCUT2D eigenvalue weighted by molar-refractivity contribution is -0.139.